The van der Waals surface area contributed by atoms with Crippen molar-refractivity contribution >= 4 is 5.78 Å². The molecule has 1 N–H and O–H groups in total. The van der Waals surface area contributed by atoms with Gasteiger partial charge >= 0.3 is 0 Å². The largest absolute Gasteiger partial charge is 0.278 e. The summed E-state index contributed by atoms with van der Waals surface area (Å²) in [6.45, 7) is 3.29. The van der Waals surface area contributed by atoms with Gasteiger partial charge in [-0.25, -0.2) is 14.5 Å². The van der Waals surface area contributed by atoms with Crippen molar-refractivity contribution in [3.8, 4) is 6.07 Å². The molecule has 0 atom stereocenters. The van der Waals surface area contributed by atoms with Gasteiger partial charge in [0.25, 0.3) is 5.56 Å². The summed E-state index contributed by atoms with van der Waals surface area (Å²) in [7, 11) is 0. The third-order valence-electron chi connectivity index (χ3n) is 2.02. The summed E-state index contributed by atoms with van der Waals surface area (Å²) in [6, 6.07) is 1.84. The standard InChI is InChI=1S/C8H7N5O/c1-4-6(3-9)7(14)13-5(2)11-12-8(13)10-4/h1-2H3,(H,10,12). The van der Waals surface area contributed by atoms with Crippen molar-refractivity contribution in [2.24, 2.45) is 0 Å². The van der Waals surface area contributed by atoms with Gasteiger partial charge in [-0.05, 0) is 13.8 Å². The maximum atomic E-state index is 11.7. The number of hydrogen-bond donors (Lipinski definition) is 1. The van der Waals surface area contributed by atoms with Crippen LogP contribution in [0.1, 0.15) is 17.1 Å². The van der Waals surface area contributed by atoms with Crippen molar-refractivity contribution in [3.63, 3.8) is 0 Å². The summed E-state index contributed by atoms with van der Waals surface area (Å²) in [5, 5.41) is 15.2. The van der Waals surface area contributed by atoms with Crippen LogP contribution in [-0.2, 0) is 0 Å². The molecule has 6 nitrogen and oxygen atoms in total. The molecular weight excluding hydrogens is 182 g/mol. The highest BCUT2D eigenvalue weighted by Gasteiger charge is 2.11. The monoisotopic (exact) mass is 189 g/mol. The number of aromatic nitrogens is 4. The van der Waals surface area contributed by atoms with Gasteiger partial charge in [-0.2, -0.15) is 10.4 Å². The Balaban J connectivity index is 3.07. The first-order valence-corrected chi connectivity index (χ1v) is 3.99. The van der Waals surface area contributed by atoms with E-state index < -0.39 is 0 Å². The van der Waals surface area contributed by atoms with Crippen LogP contribution in [0.3, 0.4) is 0 Å². The average molecular weight is 189 g/mol. The zero-order valence-corrected chi connectivity index (χ0v) is 7.70. The molecule has 2 heterocycles. The number of nitrogens with one attached hydrogen (secondary N) is 1. The second-order valence-electron chi connectivity index (χ2n) is 2.92. The molecule has 0 aromatic carbocycles. The van der Waals surface area contributed by atoms with E-state index in [9.17, 15) is 4.79 Å². The Kier molecular flexibility index (Phi) is 1.61. The number of H-pyrrole nitrogens is 1. The van der Waals surface area contributed by atoms with Crippen molar-refractivity contribution in [1.82, 2.24) is 19.6 Å². The van der Waals surface area contributed by atoms with E-state index in [4.69, 9.17) is 5.26 Å². The Morgan fingerprint density at radius 2 is 2.21 bits per heavy atom. The molecule has 70 valence electrons. The van der Waals surface area contributed by atoms with Crippen molar-refractivity contribution in [2.75, 3.05) is 0 Å². The minimum Gasteiger partial charge on any atom is -0.267 e. The Morgan fingerprint density at radius 3 is 2.86 bits per heavy atom. The number of aryl methyl sites for hydroxylation is 2. The van der Waals surface area contributed by atoms with E-state index in [0.717, 1.165) is 0 Å². The fourth-order valence-electron chi connectivity index (χ4n) is 1.31. The molecule has 0 radical (unpaired) electrons. The smallest absolute Gasteiger partial charge is 0.267 e. The molecule has 0 spiro atoms. The van der Waals surface area contributed by atoms with Gasteiger partial charge in [0.05, 0.1) is 5.69 Å². The van der Waals surface area contributed by atoms with Crippen molar-refractivity contribution in [3.05, 3.63) is 27.4 Å². The van der Waals surface area contributed by atoms with Crippen LogP contribution in [0.2, 0.25) is 0 Å². The van der Waals surface area contributed by atoms with Crippen LogP contribution in [0.25, 0.3) is 5.78 Å². The van der Waals surface area contributed by atoms with Crippen molar-refractivity contribution < 1.29 is 0 Å². The second kappa shape index (κ2) is 2.67. The third kappa shape index (κ3) is 0.925. The Bertz CT molecular complexity index is 600. The predicted octanol–water partition coefficient (Wildman–Crippen LogP) is -0.0939. The normalized spacial score (nSPS) is 10.4. The number of aromatic amines is 1. The van der Waals surface area contributed by atoms with Gasteiger partial charge in [0.1, 0.15) is 17.5 Å². The second-order valence-corrected chi connectivity index (χ2v) is 2.92. The number of nitrogens with zero attached hydrogens (tertiary/aromatic N) is 4. The summed E-state index contributed by atoms with van der Waals surface area (Å²) < 4.78 is 1.28. The molecule has 0 saturated carbocycles. The van der Waals surface area contributed by atoms with Crippen LogP contribution in [0, 0.1) is 25.2 Å². The molecule has 2 rings (SSSR count). The molecule has 0 fully saturated rings. The lowest BCUT2D eigenvalue weighted by Crippen LogP contribution is -2.19. The molecule has 0 amide bonds. The number of hydrogen-bond acceptors (Lipinski definition) is 4. The molecule has 0 unspecified atom stereocenters. The fraction of sp³-hybridized carbons (Fsp3) is 0.250. The molecule has 0 bridgehead atoms. The molecule has 2 aromatic heterocycles. The summed E-state index contributed by atoms with van der Waals surface area (Å²) in [4.78, 5) is 15.8. The quantitative estimate of drug-likeness (QED) is 0.627. The minimum absolute atomic E-state index is 0.0620. The zero-order chi connectivity index (χ0) is 10.3. The van der Waals surface area contributed by atoms with Gasteiger partial charge in [0, 0.05) is 0 Å². The summed E-state index contributed by atoms with van der Waals surface area (Å²) in [5.74, 6) is 0.859. The van der Waals surface area contributed by atoms with Gasteiger partial charge < -0.3 is 0 Å². The zero-order valence-electron chi connectivity index (χ0n) is 7.70. The van der Waals surface area contributed by atoms with E-state index in [1.807, 2.05) is 6.07 Å². The van der Waals surface area contributed by atoms with E-state index in [0.29, 0.717) is 17.3 Å². The lowest BCUT2D eigenvalue weighted by molar-refractivity contribution is 0.958. The van der Waals surface area contributed by atoms with E-state index in [2.05, 4.69) is 15.2 Å². The van der Waals surface area contributed by atoms with Crippen LogP contribution >= 0.6 is 0 Å². The highest BCUT2D eigenvalue weighted by molar-refractivity contribution is 5.38. The highest BCUT2D eigenvalue weighted by Crippen LogP contribution is 2.01. The lowest BCUT2D eigenvalue weighted by atomic mass is 10.2. The van der Waals surface area contributed by atoms with Crippen LogP contribution in [0.4, 0.5) is 0 Å². The van der Waals surface area contributed by atoms with E-state index in [1.54, 1.807) is 13.8 Å². The first-order chi connectivity index (χ1) is 6.65. The lowest BCUT2D eigenvalue weighted by Gasteiger charge is -1.96. The molecule has 2 aromatic rings. The number of fused-ring (bicyclic) bond motifs is 1. The molecular formula is C8H7N5O. The van der Waals surface area contributed by atoms with Gasteiger partial charge in [0.15, 0.2) is 0 Å². The maximum absolute atomic E-state index is 11.7. The molecule has 0 aliphatic heterocycles. The molecule has 0 saturated heterocycles. The van der Waals surface area contributed by atoms with Crippen LogP contribution in [0.15, 0.2) is 4.79 Å². The van der Waals surface area contributed by atoms with E-state index >= 15 is 0 Å². The Hall–Kier alpha value is -2.16. The average Bonchev–Trinajstić information content (AvgIpc) is 2.48. The molecule has 14 heavy (non-hydrogen) atoms. The van der Waals surface area contributed by atoms with Gasteiger partial charge in [-0.3, -0.25) is 4.79 Å². The Labute approximate surface area is 78.8 Å². The van der Waals surface area contributed by atoms with Crippen LogP contribution in [-0.4, -0.2) is 19.6 Å². The number of rotatable bonds is 0. The van der Waals surface area contributed by atoms with Gasteiger partial charge in [-0.15, -0.1) is 0 Å². The SMILES string of the molecule is Cc1nc2[nH]nc(C)n2c(=O)c1C#N. The van der Waals surface area contributed by atoms with E-state index in [1.165, 1.54) is 4.40 Å². The molecule has 0 aliphatic rings. The maximum Gasteiger partial charge on any atom is 0.278 e. The van der Waals surface area contributed by atoms with Crippen molar-refractivity contribution in [1.29, 1.82) is 5.26 Å². The summed E-state index contributed by atoms with van der Waals surface area (Å²) in [5.41, 5.74) is 0.106. The van der Waals surface area contributed by atoms with Crippen LogP contribution < -0.4 is 5.56 Å². The van der Waals surface area contributed by atoms with E-state index in [-0.39, 0.29) is 11.1 Å². The first-order valence-electron chi connectivity index (χ1n) is 3.99. The first kappa shape index (κ1) is 8.44. The summed E-state index contributed by atoms with van der Waals surface area (Å²) in [6.07, 6.45) is 0. The fourth-order valence-corrected chi connectivity index (χ4v) is 1.31. The van der Waals surface area contributed by atoms with Gasteiger partial charge in [-0.1, -0.05) is 0 Å². The Morgan fingerprint density at radius 1 is 1.50 bits per heavy atom. The van der Waals surface area contributed by atoms with Crippen molar-refractivity contribution in [2.45, 2.75) is 13.8 Å². The molecule has 0 aliphatic carbocycles. The van der Waals surface area contributed by atoms with Gasteiger partial charge in [0.2, 0.25) is 5.78 Å². The predicted molar refractivity (Wildman–Crippen MR) is 47.8 cm³/mol. The summed E-state index contributed by atoms with van der Waals surface area (Å²) >= 11 is 0. The third-order valence-corrected chi connectivity index (χ3v) is 2.02. The van der Waals surface area contributed by atoms with Crippen LogP contribution in [0.5, 0.6) is 0 Å². The minimum atomic E-state index is -0.374. The highest BCUT2D eigenvalue weighted by atomic mass is 16.1. The topological polar surface area (TPSA) is 86.8 Å². The molecule has 6 heteroatoms. The number of nitriles is 1.